The number of aliphatic hydroxyl groups excluding tert-OH is 1. The molecule has 0 unspecified atom stereocenters. The Kier molecular flexibility index (Phi) is 8.36. The highest BCUT2D eigenvalue weighted by Crippen LogP contribution is 2.44. The fraction of sp³-hybridized carbons (Fsp3) is 0.875. The van der Waals surface area contributed by atoms with Crippen LogP contribution in [-0.4, -0.2) is 109 Å². The lowest BCUT2D eigenvalue weighted by Crippen LogP contribution is -2.62. The highest BCUT2D eigenvalue weighted by molar-refractivity contribution is 5.67. The number of ether oxygens (including phenoxy) is 10. The van der Waals surface area contributed by atoms with Crippen molar-refractivity contribution in [2.75, 3.05) is 13.2 Å². The summed E-state index contributed by atoms with van der Waals surface area (Å²) in [6, 6.07) is 0. The first-order chi connectivity index (χ1) is 17.7. The fourth-order valence-corrected chi connectivity index (χ4v) is 5.04. The molecule has 4 aliphatic rings. The number of hydrogen-bond acceptors (Lipinski definition) is 14. The topological polar surface area (TPSA) is 164 Å². The number of carbonyl (C=O) groups is 3. The summed E-state index contributed by atoms with van der Waals surface area (Å²) in [5.41, 5.74) is 0. The minimum absolute atomic E-state index is 0.152. The molecule has 4 saturated heterocycles. The lowest BCUT2D eigenvalue weighted by Gasteiger charge is -2.43. The van der Waals surface area contributed by atoms with Gasteiger partial charge in [0.25, 0.3) is 0 Å². The number of aliphatic hydroxyl groups is 1. The zero-order valence-electron chi connectivity index (χ0n) is 22.4. The van der Waals surface area contributed by atoms with Crippen molar-refractivity contribution in [3.05, 3.63) is 0 Å². The SMILES string of the molecule is CC(=O)OC[C@H]1O[C@H](OC[C@H]2O[C@@H]3OC(C)(C)O[C@@H]3[C@H]3OC(C)(C)O[C@H]32)[C@H](O)[C@@H](OC(C)=O)[C@@H]1OC(C)=O. The molecule has 4 rings (SSSR count). The van der Waals surface area contributed by atoms with Gasteiger partial charge in [-0.15, -0.1) is 0 Å². The molecule has 14 heteroatoms. The second-order valence-electron chi connectivity index (χ2n) is 10.5. The number of esters is 3. The van der Waals surface area contributed by atoms with Crippen molar-refractivity contribution in [3.8, 4) is 0 Å². The van der Waals surface area contributed by atoms with Crippen LogP contribution in [-0.2, 0) is 61.8 Å². The molecule has 0 saturated carbocycles. The van der Waals surface area contributed by atoms with Gasteiger partial charge in [-0.25, -0.2) is 0 Å². The molecule has 38 heavy (non-hydrogen) atoms. The second-order valence-corrected chi connectivity index (χ2v) is 10.5. The lowest BCUT2D eigenvalue weighted by molar-refractivity contribution is -0.318. The monoisotopic (exact) mass is 548 g/mol. The van der Waals surface area contributed by atoms with Gasteiger partial charge >= 0.3 is 17.9 Å². The van der Waals surface area contributed by atoms with Crippen molar-refractivity contribution in [2.45, 2.75) is 121 Å². The molecular formula is C24H36O14. The summed E-state index contributed by atoms with van der Waals surface area (Å²) in [5, 5.41) is 11.0. The van der Waals surface area contributed by atoms with Gasteiger partial charge in [0.2, 0.25) is 0 Å². The minimum atomic E-state index is -1.56. The lowest BCUT2D eigenvalue weighted by atomic mass is 9.98. The van der Waals surface area contributed by atoms with Gasteiger partial charge in [-0.2, -0.15) is 0 Å². The number of hydrogen-bond donors (Lipinski definition) is 1. The van der Waals surface area contributed by atoms with E-state index in [1.807, 2.05) is 0 Å². The van der Waals surface area contributed by atoms with Gasteiger partial charge < -0.3 is 52.5 Å². The fourth-order valence-electron chi connectivity index (χ4n) is 5.04. The number of fused-ring (bicyclic) bond motifs is 3. The van der Waals surface area contributed by atoms with E-state index in [1.54, 1.807) is 27.7 Å². The largest absolute Gasteiger partial charge is 0.463 e. The molecule has 4 heterocycles. The van der Waals surface area contributed by atoms with Gasteiger partial charge in [0.1, 0.15) is 43.2 Å². The Labute approximate surface area is 220 Å². The zero-order chi connectivity index (χ0) is 28.0. The Morgan fingerprint density at radius 2 is 1.29 bits per heavy atom. The Hall–Kier alpha value is -1.91. The van der Waals surface area contributed by atoms with E-state index in [0.29, 0.717) is 0 Å². The molecule has 0 aromatic carbocycles. The van der Waals surface area contributed by atoms with Crippen LogP contribution < -0.4 is 0 Å². The van der Waals surface area contributed by atoms with E-state index in [2.05, 4.69) is 0 Å². The van der Waals surface area contributed by atoms with Gasteiger partial charge in [0.15, 0.2) is 36.4 Å². The van der Waals surface area contributed by atoms with Gasteiger partial charge in [0.05, 0.1) is 6.61 Å². The van der Waals surface area contributed by atoms with Gasteiger partial charge in [-0.3, -0.25) is 14.4 Å². The Balaban J connectivity index is 1.51. The molecule has 1 N–H and O–H groups in total. The molecule has 0 aromatic rings. The zero-order valence-corrected chi connectivity index (χ0v) is 22.4. The summed E-state index contributed by atoms with van der Waals surface area (Å²) in [6.07, 6.45) is -9.80. The summed E-state index contributed by atoms with van der Waals surface area (Å²) in [6.45, 7) is 10.0. The predicted molar refractivity (Wildman–Crippen MR) is 121 cm³/mol. The van der Waals surface area contributed by atoms with Crippen LogP contribution in [0.1, 0.15) is 48.5 Å². The third kappa shape index (κ3) is 6.45. The Bertz CT molecular complexity index is 905. The maximum Gasteiger partial charge on any atom is 0.303 e. The molecule has 0 spiro atoms. The highest BCUT2D eigenvalue weighted by atomic mass is 16.9. The van der Waals surface area contributed by atoms with Gasteiger partial charge in [0, 0.05) is 20.8 Å². The quantitative estimate of drug-likeness (QED) is 0.331. The summed E-state index contributed by atoms with van der Waals surface area (Å²) in [5.74, 6) is -3.88. The van der Waals surface area contributed by atoms with Crippen LogP contribution in [0.5, 0.6) is 0 Å². The van der Waals surface area contributed by atoms with Crippen molar-refractivity contribution in [1.29, 1.82) is 0 Å². The van der Waals surface area contributed by atoms with Crippen molar-refractivity contribution in [1.82, 2.24) is 0 Å². The van der Waals surface area contributed by atoms with E-state index in [0.717, 1.165) is 13.8 Å². The average Bonchev–Trinajstić information content (AvgIpc) is 3.27. The third-order valence-electron chi connectivity index (χ3n) is 6.35. The summed E-state index contributed by atoms with van der Waals surface area (Å²) in [4.78, 5) is 35.0. The average molecular weight is 549 g/mol. The number of rotatable bonds is 7. The van der Waals surface area contributed by atoms with Crippen molar-refractivity contribution in [2.24, 2.45) is 0 Å². The maximum absolute atomic E-state index is 11.8. The molecule has 0 aromatic heterocycles. The molecule has 14 nitrogen and oxygen atoms in total. The first kappa shape index (κ1) is 29.1. The third-order valence-corrected chi connectivity index (χ3v) is 6.35. The Morgan fingerprint density at radius 3 is 1.92 bits per heavy atom. The van der Waals surface area contributed by atoms with E-state index in [1.165, 1.54) is 6.92 Å². The van der Waals surface area contributed by atoms with Gasteiger partial charge in [-0.05, 0) is 27.7 Å². The molecule has 0 aliphatic carbocycles. The smallest absolute Gasteiger partial charge is 0.303 e. The van der Waals surface area contributed by atoms with Crippen molar-refractivity contribution < 1.29 is 66.9 Å². The standard InChI is InChI=1S/C24H36O14/c1-10(25)29-8-13-16(31-11(2)26)18(32-12(3)27)15(28)21(33-13)30-9-14-17-19(36-23(4,5)35-17)20-22(34-14)38-24(6,7)37-20/h13-22,28H,8-9H2,1-7H3/t13-,14-,15-,16-,17+,18-,19+,20-,21+,22-/m1/s1. The summed E-state index contributed by atoms with van der Waals surface area (Å²) >= 11 is 0. The molecule has 216 valence electrons. The van der Waals surface area contributed by atoms with Crippen LogP contribution in [0.25, 0.3) is 0 Å². The molecular weight excluding hydrogens is 512 g/mol. The first-order valence-electron chi connectivity index (χ1n) is 12.5. The first-order valence-corrected chi connectivity index (χ1v) is 12.5. The summed E-state index contributed by atoms with van der Waals surface area (Å²) in [7, 11) is 0. The van der Waals surface area contributed by atoms with E-state index in [9.17, 15) is 19.5 Å². The molecule has 10 atom stereocenters. The molecule has 4 fully saturated rings. The molecule has 0 amide bonds. The van der Waals surface area contributed by atoms with Crippen molar-refractivity contribution in [3.63, 3.8) is 0 Å². The van der Waals surface area contributed by atoms with Gasteiger partial charge in [-0.1, -0.05) is 0 Å². The van der Waals surface area contributed by atoms with E-state index in [4.69, 9.17) is 47.4 Å². The maximum atomic E-state index is 11.8. The van der Waals surface area contributed by atoms with Crippen LogP contribution in [0.3, 0.4) is 0 Å². The second kappa shape index (κ2) is 10.9. The molecule has 4 aliphatic heterocycles. The van der Waals surface area contributed by atoms with Crippen molar-refractivity contribution >= 4 is 17.9 Å². The normalized spacial score (nSPS) is 41.1. The van der Waals surface area contributed by atoms with E-state index >= 15 is 0 Å². The summed E-state index contributed by atoms with van der Waals surface area (Å²) < 4.78 is 57.5. The molecule has 0 radical (unpaired) electrons. The molecule has 0 bridgehead atoms. The minimum Gasteiger partial charge on any atom is -0.463 e. The van der Waals surface area contributed by atoms with E-state index in [-0.39, 0.29) is 13.2 Å². The van der Waals surface area contributed by atoms with E-state index < -0.39 is 90.9 Å². The van der Waals surface area contributed by atoms with Crippen LogP contribution in [0.4, 0.5) is 0 Å². The Morgan fingerprint density at radius 1 is 0.711 bits per heavy atom. The van der Waals surface area contributed by atoms with Crippen LogP contribution in [0.15, 0.2) is 0 Å². The van der Waals surface area contributed by atoms with Crippen LogP contribution in [0.2, 0.25) is 0 Å². The number of carbonyl (C=O) groups excluding carboxylic acids is 3. The highest BCUT2D eigenvalue weighted by Gasteiger charge is 2.61. The van der Waals surface area contributed by atoms with Crippen LogP contribution in [0, 0.1) is 0 Å². The van der Waals surface area contributed by atoms with Crippen LogP contribution >= 0.6 is 0 Å². The predicted octanol–water partition coefficient (Wildman–Crippen LogP) is -0.0882.